The molecule has 0 aliphatic carbocycles. The van der Waals surface area contributed by atoms with Crippen LogP contribution in [0.5, 0.6) is 0 Å². The van der Waals surface area contributed by atoms with Crippen molar-refractivity contribution in [3.8, 4) is 0 Å². The second-order valence-corrected chi connectivity index (χ2v) is 7.56. The van der Waals surface area contributed by atoms with Gasteiger partial charge in [-0.25, -0.2) is 0 Å². The Hall–Kier alpha value is -0.710. The van der Waals surface area contributed by atoms with Crippen LogP contribution < -0.4 is 5.32 Å². The highest BCUT2D eigenvalue weighted by Crippen LogP contribution is 2.31. The number of hydrogen-bond donors (Lipinski definition) is 1. The zero-order valence-electron chi connectivity index (χ0n) is 13.3. The Bertz CT molecular complexity index is 489. The van der Waals surface area contributed by atoms with Gasteiger partial charge in [-0.2, -0.15) is 0 Å². The van der Waals surface area contributed by atoms with E-state index in [1.807, 2.05) is 36.1 Å². The molecule has 1 heterocycles. The molecule has 0 radical (unpaired) electrons. The lowest BCUT2D eigenvalue weighted by molar-refractivity contribution is -0.131. The van der Waals surface area contributed by atoms with Gasteiger partial charge < -0.3 is 10.2 Å². The second-order valence-electron chi connectivity index (χ2n) is 5.77. The Morgan fingerprint density at radius 3 is 2.73 bits per heavy atom. The summed E-state index contributed by atoms with van der Waals surface area (Å²) < 4.78 is 0. The van der Waals surface area contributed by atoms with Crippen molar-refractivity contribution >= 4 is 29.3 Å². The average Bonchev–Trinajstić information content (AvgIpc) is 2.55. The summed E-state index contributed by atoms with van der Waals surface area (Å²) in [5.41, 5.74) is 0. The first-order chi connectivity index (χ1) is 10.6. The van der Waals surface area contributed by atoms with Crippen LogP contribution in [0.15, 0.2) is 29.2 Å². The van der Waals surface area contributed by atoms with Crippen LogP contribution in [-0.4, -0.2) is 42.2 Å². The van der Waals surface area contributed by atoms with E-state index in [9.17, 15) is 4.79 Å². The zero-order chi connectivity index (χ0) is 15.9. The standard InChI is InChI=1S/C17H25ClN2OS/c1-3-19-12-14-8-10-20(11-9-14)17(21)13(2)22-16-7-5-4-6-15(16)18/h4-7,13-14,19H,3,8-12H2,1-2H3. The van der Waals surface area contributed by atoms with Gasteiger partial charge in [0.2, 0.25) is 5.91 Å². The van der Waals surface area contributed by atoms with E-state index < -0.39 is 0 Å². The minimum atomic E-state index is -0.0924. The van der Waals surface area contributed by atoms with Crippen LogP contribution in [0.2, 0.25) is 5.02 Å². The van der Waals surface area contributed by atoms with Crippen molar-refractivity contribution in [2.24, 2.45) is 5.92 Å². The molecule has 2 rings (SSSR count). The van der Waals surface area contributed by atoms with E-state index in [1.54, 1.807) is 11.8 Å². The molecule has 1 aromatic rings. The Morgan fingerprint density at radius 1 is 1.41 bits per heavy atom. The fourth-order valence-corrected chi connectivity index (χ4v) is 3.98. The van der Waals surface area contributed by atoms with Crippen LogP contribution in [0.25, 0.3) is 0 Å². The summed E-state index contributed by atoms with van der Waals surface area (Å²) in [6, 6.07) is 7.71. The summed E-state index contributed by atoms with van der Waals surface area (Å²) in [5.74, 6) is 0.933. The molecule has 1 unspecified atom stereocenters. The molecule has 5 heteroatoms. The van der Waals surface area contributed by atoms with Gasteiger partial charge in [0.1, 0.15) is 0 Å². The Balaban J connectivity index is 1.83. The first kappa shape index (κ1) is 17.6. The minimum Gasteiger partial charge on any atom is -0.342 e. The first-order valence-electron chi connectivity index (χ1n) is 8.02. The van der Waals surface area contributed by atoms with Crippen molar-refractivity contribution in [3.63, 3.8) is 0 Å². The van der Waals surface area contributed by atoms with Gasteiger partial charge in [-0.15, -0.1) is 11.8 Å². The molecule has 1 fully saturated rings. The number of carbonyl (C=O) groups excluding carboxylic acids is 1. The zero-order valence-corrected chi connectivity index (χ0v) is 14.9. The van der Waals surface area contributed by atoms with Crippen LogP contribution in [0, 0.1) is 5.92 Å². The number of nitrogens with zero attached hydrogens (tertiary/aromatic N) is 1. The Labute approximate surface area is 142 Å². The van der Waals surface area contributed by atoms with E-state index in [0.717, 1.165) is 48.9 Å². The molecule has 3 nitrogen and oxygen atoms in total. The number of carbonyl (C=O) groups is 1. The van der Waals surface area contributed by atoms with Gasteiger partial charge in [0.25, 0.3) is 0 Å². The fraction of sp³-hybridized carbons (Fsp3) is 0.588. The summed E-state index contributed by atoms with van der Waals surface area (Å²) in [4.78, 5) is 15.6. The molecule has 1 aliphatic rings. The second kappa shape index (κ2) is 8.80. The van der Waals surface area contributed by atoms with Gasteiger partial charge in [-0.1, -0.05) is 30.7 Å². The Kier molecular flexibility index (Phi) is 7.06. The Morgan fingerprint density at radius 2 is 2.09 bits per heavy atom. The van der Waals surface area contributed by atoms with Crippen LogP contribution in [0.1, 0.15) is 26.7 Å². The van der Waals surface area contributed by atoms with E-state index in [2.05, 4.69) is 12.2 Å². The summed E-state index contributed by atoms with van der Waals surface area (Å²) in [7, 11) is 0. The molecular weight excluding hydrogens is 316 g/mol. The van der Waals surface area contributed by atoms with Crippen molar-refractivity contribution < 1.29 is 4.79 Å². The smallest absolute Gasteiger partial charge is 0.235 e. The predicted molar refractivity (Wildman–Crippen MR) is 94.6 cm³/mol. The SMILES string of the molecule is CCNCC1CCN(C(=O)C(C)Sc2ccccc2Cl)CC1. The molecule has 0 aromatic heterocycles. The third-order valence-corrected chi connectivity index (χ3v) is 5.70. The van der Waals surface area contributed by atoms with Crippen molar-refractivity contribution in [3.05, 3.63) is 29.3 Å². The van der Waals surface area contributed by atoms with E-state index in [-0.39, 0.29) is 11.2 Å². The topological polar surface area (TPSA) is 32.3 Å². The molecule has 1 saturated heterocycles. The van der Waals surface area contributed by atoms with Gasteiger partial charge in [0.15, 0.2) is 0 Å². The van der Waals surface area contributed by atoms with E-state index >= 15 is 0 Å². The maximum atomic E-state index is 12.6. The number of amides is 1. The van der Waals surface area contributed by atoms with Crippen LogP contribution in [-0.2, 0) is 4.79 Å². The first-order valence-corrected chi connectivity index (χ1v) is 9.28. The summed E-state index contributed by atoms with van der Waals surface area (Å²) >= 11 is 7.72. The van der Waals surface area contributed by atoms with Crippen LogP contribution in [0.3, 0.4) is 0 Å². The lowest BCUT2D eigenvalue weighted by Gasteiger charge is -2.33. The minimum absolute atomic E-state index is 0.0924. The molecule has 0 bridgehead atoms. The quantitative estimate of drug-likeness (QED) is 0.802. The monoisotopic (exact) mass is 340 g/mol. The molecule has 1 aliphatic heterocycles. The van der Waals surface area contributed by atoms with Gasteiger partial charge in [0, 0.05) is 18.0 Å². The number of halogens is 1. The molecule has 1 atom stereocenters. The number of benzene rings is 1. The molecule has 1 N–H and O–H groups in total. The van der Waals surface area contributed by atoms with E-state index in [4.69, 9.17) is 11.6 Å². The molecule has 1 aromatic carbocycles. The predicted octanol–water partition coefficient (Wildman–Crippen LogP) is 3.67. The molecule has 22 heavy (non-hydrogen) atoms. The number of likely N-dealkylation sites (tertiary alicyclic amines) is 1. The summed E-state index contributed by atoms with van der Waals surface area (Å²) in [6.45, 7) is 7.95. The summed E-state index contributed by atoms with van der Waals surface area (Å²) in [6.07, 6.45) is 2.20. The van der Waals surface area contributed by atoms with Gasteiger partial charge in [-0.05, 0) is 50.9 Å². The fourth-order valence-electron chi connectivity index (χ4n) is 2.74. The van der Waals surface area contributed by atoms with E-state index in [0.29, 0.717) is 5.92 Å². The van der Waals surface area contributed by atoms with Crippen molar-refractivity contribution in [2.45, 2.75) is 36.8 Å². The van der Waals surface area contributed by atoms with Gasteiger partial charge in [-0.3, -0.25) is 4.79 Å². The molecule has 0 saturated carbocycles. The van der Waals surface area contributed by atoms with Crippen molar-refractivity contribution in [1.29, 1.82) is 0 Å². The van der Waals surface area contributed by atoms with Crippen molar-refractivity contribution in [2.75, 3.05) is 26.2 Å². The third kappa shape index (κ3) is 4.90. The van der Waals surface area contributed by atoms with E-state index in [1.165, 1.54) is 0 Å². The molecule has 0 spiro atoms. The molecular formula is C17H25ClN2OS. The molecule has 1 amide bonds. The van der Waals surface area contributed by atoms with Crippen LogP contribution >= 0.6 is 23.4 Å². The maximum absolute atomic E-state index is 12.6. The molecule has 122 valence electrons. The number of thioether (sulfide) groups is 1. The lowest BCUT2D eigenvalue weighted by atomic mass is 9.96. The third-order valence-electron chi connectivity index (χ3n) is 4.10. The number of hydrogen-bond acceptors (Lipinski definition) is 3. The number of piperidine rings is 1. The van der Waals surface area contributed by atoms with Gasteiger partial charge >= 0.3 is 0 Å². The highest BCUT2D eigenvalue weighted by molar-refractivity contribution is 8.00. The van der Waals surface area contributed by atoms with Crippen molar-refractivity contribution in [1.82, 2.24) is 10.2 Å². The maximum Gasteiger partial charge on any atom is 0.235 e. The van der Waals surface area contributed by atoms with Crippen LogP contribution in [0.4, 0.5) is 0 Å². The summed E-state index contributed by atoms with van der Waals surface area (Å²) in [5, 5.41) is 4.03. The number of rotatable bonds is 6. The average molecular weight is 341 g/mol. The normalized spacial score (nSPS) is 17.5. The number of nitrogens with one attached hydrogen (secondary N) is 1. The largest absolute Gasteiger partial charge is 0.342 e. The van der Waals surface area contributed by atoms with Gasteiger partial charge in [0.05, 0.1) is 10.3 Å². The lowest BCUT2D eigenvalue weighted by Crippen LogP contribution is -2.43. The highest BCUT2D eigenvalue weighted by Gasteiger charge is 2.26. The highest BCUT2D eigenvalue weighted by atomic mass is 35.5.